The first-order valence-corrected chi connectivity index (χ1v) is 6.35. The van der Waals surface area contributed by atoms with E-state index in [1.54, 1.807) is 0 Å². The van der Waals surface area contributed by atoms with Crippen molar-refractivity contribution in [3.8, 4) is 0 Å². The number of hydrogen-bond acceptors (Lipinski definition) is 4. The predicted molar refractivity (Wildman–Crippen MR) is 66.4 cm³/mol. The fraction of sp³-hybridized carbons (Fsp3) is 1.00. The third-order valence-corrected chi connectivity index (χ3v) is 2.01. The number of ether oxygens (including phenoxy) is 3. The first-order chi connectivity index (χ1) is 6.41. The van der Waals surface area contributed by atoms with Crippen LogP contribution >= 0.6 is 45.6 Å². The molecule has 0 aromatic carbocycles. The molecule has 6 heteroatoms. The largest absolute Gasteiger partial charge is 0.377 e. The molecular formula is C7H14I2O4. The van der Waals surface area contributed by atoms with Crippen molar-refractivity contribution >= 4 is 45.6 Å². The van der Waals surface area contributed by atoms with Crippen molar-refractivity contribution in [2.24, 2.45) is 0 Å². The molecule has 0 saturated carbocycles. The van der Waals surface area contributed by atoms with E-state index in [-0.39, 0.29) is 0 Å². The molecule has 0 radical (unpaired) electrons. The van der Waals surface area contributed by atoms with Crippen LogP contribution in [-0.2, 0) is 17.3 Å². The van der Waals surface area contributed by atoms with Gasteiger partial charge in [0.15, 0.2) is 0 Å². The van der Waals surface area contributed by atoms with Crippen LogP contribution in [-0.4, -0.2) is 44.3 Å². The lowest BCUT2D eigenvalue weighted by Crippen LogP contribution is -2.10. The maximum Gasteiger partial charge on any atom is 0.109 e. The summed E-state index contributed by atoms with van der Waals surface area (Å²) >= 11 is 4.00. The number of alkyl halides is 1. The van der Waals surface area contributed by atoms with E-state index in [1.165, 1.54) is 0 Å². The summed E-state index contributed by atoms with van der Waals surface area (Å²) < 4.78 is 21.0. The molecule has 0 fully saturated rings. The third kappa shape index (κ3) is 13.3. The smallest absolute Gasteiger partial charge is 0.109 e. The maximum absolute atomic E-state index is 5.22. The summed E-state index contributed by atoms with van der Waals surface area (Å²) in [7, 11) is 0. The van der Waals surface area contributed by atoms with Crippen molar-refractivity contribution < 1.29 is 17.3 Å². The van der Waals surface area contributed by atoms with Crippen molar-refractivity contribution in [1.82, 2.24) is 0 Å². The van der Waals surface area contributed by atoms with Gasteiger partial charge in [0.2, 0.25) is 0 Å². The molecule has 0 aromatic rings. The average Bonchev–Trinajstić information content (AvgIpc) is 2.16. The second kappa shape index (κ2) is 13.3. The monoisotopic (exact) mass is 416 g/mol. The summed E-state index contributed by atoms with van der Waals surface area (Å²) in [6.07, 6.45) is 0. The predicted octanol–water partition coefficient (Wildman–Crippen LogP) is 1.80. The van der Waals surface area contributed by atoms with Crippen molar-refractivity contribution in [3.63, 3.8) is 0 Å². The minimum atomic E-state index is 0.615. The Morgan fingerprint density at radius 2 is 1.15 bits per heavy atom. The lowest BCUT2D eigenvalue weighted by atomic mass is 10.7. The van der Waals surface area contributed by atoms with Crippen LogP contribution in [0.25, 0.3) is 0 Å². The van der Waals surface area contributed by atoms with Gasteiger partial charge in [-0.3, -0.25) is 0 Å². The van der Waals surface area contributed by atoms with E-state index in [9.17, 15) is 0 Å². The van der Waals surface area contributed by atoms with Gasteiger partial charge in [0.1, 0.15) is 23.0 Å². The van der Waals surface area contributed by atoms with E-state index in [0.717, 1.165) is 0 Å². The molecule has 0 aromatic heterocycles. The Kier molecular flexibility index (Phi) is 14.6. The molecule has 0 aliphatic rings. The zero-order valence-corrected chi connectivity index (χ0v) is 11.7. The average molecular weight is 416 g/mol. The summed E-state index contributed by atoms with van der Waals surface area (Å²) in [6.45, 7) is 3.76. The SMILES string of the molecule is ICOCCOCCOCCOI. The summed E-state index contributed by atoms with van der Waals surface area (Å²) in [5, 5.41) is 0. The van der Waals surface area contributed by atoms with Crippen LogP contribution in [0.2, 0.25) is 0 Å². The standard InChI is InChI=1S/C7H14I2O4/c8-7-12-4-3-10-1-2-11-5-6-13-9/h1-7H2. The van der Waals surface area contributed by atoms with Gasteiger partial charge in [-0.15, -0.1) is 0 Å². The molecule has 4 nitrogen and oxygen atoms in total. The molecule has 0 atom stereocenters. The van der Waals surface area contributed by atoms with Crippen molar-refractivity contribution in [2.45, 2.75) is 0 Å². The molecule has 0 heterocycles. The molecule has 0 bridgehead atoms. The third-order valence-electron chi connectivity index (χ3n) is 1.13. The highest BCUT2D eigenvalue weighted by atomic mass is 127. The Hall–Kier alpha value is 1.30. The minimum Gasteiger partial charge on any atom is -0.377 e. The number of hydrogen-bond donors (Lipinski definition) is 0. The van der Waals surface area contributed by atoms with E-state index in [2.05, 4.69) is 22.6 Å². The highest BCUT2D eigenvalue weighted by Crippen LogP contribution is 1.86. The summed E-state index contributed by atoms with van der Waals surface area (Å²) in [6, 6.07) is 0. The number of rotatable bonds is 10. The highest BCUT2D eigenvalue weighted by molar-refractivity contribution is 14.1. The van der Waals surface area contributed by atoms with Gasteiger partial charge in [0, 0.05) is 0 Å². The van der Waals surface area contributed by atoms with Gasteiger partial charge >= 0.3 is 0 Å². The normalized spacial score (nSPS) is 10.6. The molecule has 80 valence electrons. The van der Waals surface area contributed by atoms with E-state index in [1.807, 2.05) is 23.0 Å². The lowest BCUT2D eigenvalue weighted by molar-refractivity contribution is 0.0197. The molecule has 0 spiro atoms. The molecule has 0 unspecified atom stereocenters. The molecule has 13 heavy (non-hydrogen) atoms. The van der Waals surface area contributed by atoms with Crippen LogP contribution in [0.4, 0.5) is 0 Å². The van der Waals surface area contributed by atoms with Gasteiger partial charge in [0.05, 0.1) is 44.3 Å². The Morgan fingerprint density at radius 1 is 0.692 bits per heavy atom. The van der Waals surface area contributed by atoms with Crippen LogP contribution in [0.3, 0.4) is 0 Å². The first-order valence-electron chi connectivity index (χ1n) is 3.94. The van der Waals surface area contributed by atoms with E-state index >= 15 is 0 Å². The highest BCUT2D eigenvalue weighted by Gasteiger charge is 1.90. The van der Waals surface area contributed by atoms with Gasteiger partial charge < -0.3 is 17.3 Å². The van der Waals surface area contributed by atoms with Crippen LogP contribution in [0.1, 0.15) is 0 Å². The topological polar surface area (TPSA) is 36.9 Å². The van der Waals surface area contributed by atoms with Gasteiger partial charge in [-0.25, -0.2) is 0 Å². The molecule has 0 aliphatic heterocycles. The Labute approximate surface area is 106 Å². The van der Waals surface area contributed by atoms with Crippen molar-refractivity contribution in [2.75, 3.05) is 44.3 Å². The second-order valence-electron chi connectivity index (χ2n) is 2.06. The zero-order chi connectivity index (χ0) is 9.78. The fourth-order valence-corrected chi connectivity index (χ4v) is 1.08. The summed E-state index contributed by atoms with van der Waals surface area (Å²) in [5.41, 5.74) is 0. The van der Waals surface area contributed by atoms with Gasteiger partial charge in [-0.2, -0.15) is 0 Å². The van der Waals surface area contributed by atoms with E-state index < -0.39 is 0 Å². The Balaban J connectivity index is 2.76. The Morgan fingerprint density at radius 3 is 1.62 bits per heavy atom. The molecular weight excluding hydrogens is 402 g/mol. The minimum absolute atomic E-state index is 0.615. The van der Waals surface area contributed by atoms with Gasteiger partial charge in [-0.1, -0.05) is 22.6 Å². The second-order valence-corrected chi connectivity index (χ2v) is 3.30. The lowest BCUT2D eigenvalue weighted by Gasteiger charge is -2.04. The van der Waals surface area contributed by atoms with E-state index in [0.29, 0.717) is 44.3 Å². The molecule has 0 saturated heterocycles. The Bertz CT molecular complexity index is 84.6. The summed E-state index contributed by atoms with van der Waals surface area (Å²) in [5.74, 6) is 0. The number of halogens is 2. The van der Waals surface area contributed by atoms with Crippen LogP contribution < -0.4 is 0 Å². The molecule has 0 rings (SSSR count). The van der Waals surface area contributed by atoms with E-state index in [4.69, 9.17) is 17.3 Å². The maximum atomic E-state index is 5.22. The molecule has 0 N–H and O–H groups in total. The first kappa shape index (κ1) is 14.3. The molecule has 0 amide bonds. The van der Waals surface area contributed by atoms with Crippen LogP contribution in [0.5, 0.6) is 0 Å². The van der Waals surface area contributed by atoms with Gasteiger partial charge in [0.25, 0.3) is 0 Å². The zero-order valence-electron chi connectivity index (χ0n) is 7.34. The molecule has 0 aliphatic carbocycles. The van der Waals surface area contributed by atoms with Crippen LogP contribution in [0.15, 0.2) is 0 Å². The van der Waals surface area contributed by atoms with Crippen molar-refractivity contribution in [1.29, 1.82) is 0 Å². The van der Waals surface area contributed by atoms with Gasteiger partial charge in [-0.05, 0) is 0 Å². The summed E-state index contributed by atoms with van der Waals surface area (Å²) in [4.78, 5) is 0. The van der Waals surface area contributed by atoms with Crippen molar-refractivity contribution in [3.05, 3.63) is 0 Å². The fourth-order valence-electron chi connectivity index (χ4n) is 0.585. The quantitative estimate of drug-likeness (QED) is 0.310. The van der Waals surface area contributed by atoms with Crippen LogP contribution in [0, 0.1) is 0 Å².